The number of fused-ring (bicyclic) bond motifs is 1. The Bertz CT molecular complexity index is 1010. The summed E-state index contributed by atoms with van der Waals surface area (Å²) >= 11 is 0. The molecule has 9 heteroatoms. The molecule has 3 heterocycles. The van der Waals surface area contributed by atoms with E-state index in [1.54, 1.807) is 31.4 Å². The van der Waals surface area contributed by atoms with Crippen LogP contribution in [0.5, 0.6) is 5.75 Å². The van der Waals surface area contributed by atoms with E-state index in [-0.39, 0.29) is 12.1 Å². The molecule has 1 aliphatic rings. The van der Waals surface area contributed by atoms with E-state index in [9.17, 15) is 0 Å². The first-order chi connectivity index (χ1) is 13.0. The number of ether oxygens (including phenoxy) is 1. The standard InChI is InChI=1S/C18H16F2N6O/c1-11-16-13(8-21-11)7-14(9-22-16)18(19,20)17-23-24-25-26(17)10-12-3-5-15(27-2)6-4-12/h3-7,9H,8,10H2,1-2H3. The minimum Gasteiger partial charge on any atom is -0.497 e. The molecule has 0 N–H and O–H groups in total. The van der Waals surface area contributed by atoms with Crippen molar-refractivity contribution < 1.29 is 13.5 Å². The highest BCUT2D eigenvalue weighted by atomic mass is 19.3. The molecular formula is C18H16F2N6O. The van der Waals surface area contributed by atoms with Gasteiger partial charge in [-0.15, -0.1) is 5.10 Å². The van der Waals surface area contributed by atoms with Crippen LogP contribution in [0.4, 0.5) is 8.78 Å². The lowest BCUT2D eigenvalue weighted by molar-refractivity contribution is 0.0276. The number of hydrogen-bond donors (Lipinski definition) is 0. The Morgan fingerprint density at radius 2 is 2.00 bits per heavy atom. The van der Waals surface area contributed by atoms with E-state index in [0.717, 1.165) is 22.2 Å². The van der Waals surface area contributed by atoms with Gasteiger partial charge >= 0.3 is 5.92 Å². The molecule has 138 valence electrons. The van der Waals surface area contributed by atoms with E-state index in [2.05, 4.69) is 25.5 Å². The van der Waals surface area contributed by atoms with E-state index in [4.69, 9.17) is 4.74 Å². The number of aliphatic imine (C=N–C) groups is 1. The van der Waals surface area contributed by atoms with Crippen LogP contribution in [0.25, 0.3) is 0 Å². The molecule has 0 radical (unpaired) electrons. The lowest BCUT2D eigenvalue weighted by atomic mass is 10.1. The van der Waals surface area contributed by atoms with Crippen LogP contribution in [0.2, 0.25) is 0 Å². The molecule has 27 heavy (non-hydrogen) atoms. The zero-order chi connectivity index (χ0) is 19.0. The van der Waals surface area contributed by atoms with Gasteiger partial charge in [-0.3, -0.25) is 9.98 Å². The molecule has 0 bridgehead atoms. The molecule has 7 nitrogen and oxygen atoms in total. The summed E-state index contributed by atoms with van der Waals surface area (Å²) in [5, 5.41) is 10.7. The van der Waals surface area contributed by atoms with E-state index < -0.39 is 11.7 Å². The lowest BCUT2D eigenvalue weighted by Crippen LogP contribution is -2.23. The minimum absolute atomic E-state index is 0.114. The topological polar surface area (TPSA) is 78.1 Å². The average Bonchev–Trinajstić information content (AvgIpc) is 3.29. The van der Waals surface area contributed by atoms with Gasteiger partial charge in [-0.05, 0) is 41.1 Å². The fraction of sp³-hybridized carbons (Fsp3) is 0.278. The third-order valence-corrected chi connectivity index (χ3v) is 4.46. The predicted molar refractivity (Wildman–Crippen MR) is 93.1 cm³/mol. The highest BCUT2D eigenvalue weighted by Gasteiger charge is 2.41. The summed E-state index contributed by atoms with van der Waals surface area (Å²) in [6.07, 6.45) is 1.16. The number of tetrazole rings is 1. The Morgan fingerprint density at radius 3 is 2.74 bits per heavy atom. The van der Waals surface area contributed by atoms with Crippen LogP contribution in [0.3, 0.4) is 0 Å². The highest BCUT2D eigenvalue weighted by molar-refractivity contribution is 6.00. The number of hydrogen-bond acceptors (Lipinski definition) is 6. The van der Waals surface area contributed by atoms with Crippen LogP contribution in [0, 0.1) is 0 Å². The Balaban J connectivity index is 1.64. The number of alkyl halides is 2. The van der Waals surface area contributed by atoms with Crippen molar-refractivity contribution in [1.82, 2.24) is 25.2 Å². The first-order valence-electron chi connectivity index (χ1n) is 8.27. The van der Waals surface area contributed by atoms with Crippen molar-refractivity contribution in [2.75, 3.05) is 7.11 Å². The zero-order valence-electron chi connectivity index (χ0n) is 14.7. The highest BCUT2D eigenvalue weighted by Crippen LogP contribution is 2.35. The first kappa shape index (κ1) is 17.2. The second-order valence-corrected chi connectivity index (χ2v) is 6.22. The van der Waals surface area contributed by atoms with Crippen LogP contribution in [-0.4, -0.2) is 38.0 Å². The summed E-state index contributed by atoms with van der Waals surface area (Å²) in [7, 11) is 1.56. The van der Waals surface area contributed by atoms with Crippen molar-refractivity contribution in [2.45, 2.75) is 25.9 Å². The predicted octanol–water partition coefficient (Wildman–Crippen LogP) is 2.59. The maximum Gasteiger partial charge on any atom is 0.334 e. The molecule has 4 rings (SSSR count). The third kappa shape index (κ3) is 3.05. The van der Waals surface area contributed by atoms with Gasteiger partial charge in [0, 0.05) is 17.3 Å². The Hall–Kier alpha value is -3.23. The van der Waals surface area contributed by atoms with E-state index in [0.29, 0.717) is 23.6 Å². The SMILES string of the molecule is COc1ccc(Cn2nnnc2C(F)(F)c2cnc3c(c2)CN=C3C)cc1. The van der Waals surface area contributed by atoms with Gasteiger partial charge in [0.1, 0.15) is 5.75 Å². The van der Waals surface area contributed by atoms with Crippen molar-refractivity contribution in [1.29, 1.82) is 0 Å². The molecular weight excluding hydrogens is 354 g/mol. The first-order valence-corrected chi connectivity index (χ1v) is 8.27. The summed E-state index contributed by atoms with van der Waals surface area (Å²) in [5.74, 6) is -3.23. The molecule has 0 amide bonds. The molecule has 0 saturated carbocycles. The smallest absolute Gasteiger partial charge is 0.334 e. The van der Waals surface area contributed by atoms with Gasteiger partial charge in [-0.1, -0.05) is 12.1 Å². The largest absolute Gasteiger partial charge is 0.497 e. The van der Waals surface area contributed by atoms with Crippen LogP contribution in [0.15, 0.2) is 41.5 Å². The van der Waals surface area contributed by atoms with Crippen LogP contribution in [-0.2, 0) is 19.0 Å². The normalized spacial score (nSPS) is 13.4. The summed E-state index contributed by atoms with van der Waals surface area (Å²) < 4.78 is 36.4. The monoisotopic (exact) mass is 370 g/mol. The maximum atomic E-state index is 15.1. The van der Waals surface area contributed by atoms with Crippen molar-refractivity contribution in [3.8, 4) is 5.75 Å². The van der Waals surface area contributed by atoms with Crippen molar-refractivity contribution in [3.63, 3.8) is 0 Å². The molecule has 3 aromatic rings. The average molecular weight is 370 g/mol. The van der Waals surface area contributed by atoms with Gasteiger partial charge in [0.05, 0.1) is 31.6 Å². The number of aromatic nitrogens is 5. The van der Waals surface area contributed by atoms with E-state index in [1.807, 2.05) is 6.92 Å². The number of benzene rings is 1. The fourth-order valence-corrected chi connectivity index (χ4v) is 2.98. The number of halogens is 2. The van der Waals surface area contributed by atoms with Gasteiger partial charge in [-0.25, -0.2) is 4.68 Å². The molecule has 0 fully saturated rings. The summed E-state index contributed by atoms with van der Waals surface area (Å²) in [6.45, 7) is 2.28. The maximum absolute atomic E-state index is 15.1. The number of pyridine rings is 1. The summed E-state index contributed by atoms with van der Waals surface area (Å²) in [4.78, 5) is 8.38. The summed E-state index contributed by atoms with van der Waals surface area (Å²) in [6, 6.07) is 8.49. The Morgan fingerprint density at radius 1 is 1.22 bits per heavy atom. The van der Waals surface area contributed by atoms with E-state index >= 15 is 8.78 Å². The van der Waals surface area contributed by atoms with Gasteiger partial charge in [0.2, 0.25) is 5.82 Å². The fourth-order valence-electron chi connectivity index (χ4n) is 2.98. The van der Waals surface area contributed by atoms with Crippen molar-refractivity contribution in [3.05, 3.63) is 64.7 Å². The molecule has 2 aromatic heterocycles. The zero-order valence-corrected chi connectivity index (χ0v) is 14.7. The summed E-state index contributed by atoms with van der Waals surface area (Å²) in [5.41, 5.74) is 2.61. The Labute approximate surface area is 153 Å². The quantitative estimate of drug-likeness (QED) is 0.690. The minimum atomic E-state index is -3.38. The van der Waals surface area contributed by atoms with E-state index in [1.165, 1.54) is 6.07 Å². The molecule has 0 saturated heterocycles. The Kier molecular flexibility index (Phi) is 4.14. The molecule has 1 aromatic carbocycles. The van der Waals surface area contributed by atoms with Crippen LogP contribution < -0.4 is 4.74 Å². The van der Waals surface area contributed by atoms with Crippen molar-refractivity contribution in [2.24, 2.45) is 4.99 Å². The second kappa shape index (κ2) is 6.49. The second-order valence-electron chi connectivity index (χ2n) is 6.22. The molecule has 0 spiro atoms. The number of methoxy groups -OCH3 is 1. The number of rotatable bonds is 5. The lowest BCUT2D eigenvalue weighted by Gasteiger charge is -2.16. The van der Waals surface area contributed by atoms with Gasteiger partial charge in [0.25, 0.3) is 0 Å². The third-order valence-electron chi connectivity index (χ3n) is 4.46. The van der Waals surface area contributed by atoms with Crippen LogP contribution >= 0.6 is 0 Å². The van der Waals surface area contributed by atoms with Gasteiger partial charge in [0.15, 0.2) is 0 Å². The molecule has 1 aliphatic heterocycles. The van der Waals surface area contributed by atoms with Crippen molar-refractivity contribution >= 4 is 5.71 Å². The molecule has 0 atom stereocenters. The molecule has 0 aliphatic carbocycles. The molecule has 0 unspecified atom stereocenters. The van der Waals surface area contributed by atoms with Crippen LogP contribution in [0.1, 0.15) is 35.1 Å². The van der Waals surface area contributed by atoms with Gasteiger partial charge < -0.3 is 4.74 Å². The van der Waals surface area contributed by atoms with Gasteiger partial charge in [-0.2, -0.15) is 8.78 Å². The number of nitrogens with zero attached hydrogens (tertiary/aromatic N) is 6.